The van der Waals surface area contributed by atoms with Gasteiger partial charge < -0.3 is 15.5 Å². The standard InChI is InChI=1S/C15H20ClN3O2/c1-10-13(16)4-3-5-14(10)19(11(2)20)9-8-17-15(21)18-12-6-7-12/h3-5,12H,6-9H2,1-2H3,(H2,17,18,21). The van der Waals surface area contributed by atoms with Crippen molar-refractivity contribution in [3.05, 3.63) is 28.8 Å². The average Bonchev–Trinajstić information content (AvgIpc) is 3.22. The van der Waals surface area contributed by atoms with Gasteiger partial charge in [0.1, 0.15) is 0 Å². The lowest BCUT2D eigenvalue weighted by Crippen LogP contribution is -2.42. The van der Waals surface area contributed by atoms with Gasteiger partial charge in [-0.1, -0.05) is 17.7 Å². The van der Waals surface area contributed by atoms with Gasteiger partial charge in [-0.05, 0) is 37.5 Å². The largest absolute Gasteiger partial charge is 0.336 e. The van der Waals surface area contributed by atoms with Gasteiger partial charge >= 0.3 is 6.03 Å². The zero-order valence-electron chi connectivity index (χ0n) is 12.3. The Kier molecular flexibility index (Phi) is 5.07. The van der Waals surface area contributed by atoms with E-state index in [0.717, 1.165) is 24.1 Å². The quantitative estimate of drug-likeness (QED) is 0.877. The maximum absolute atomic E-state index is 11.8. The summed E-state index contributed by atoms with van der Waals surface area (Å²) in [5.41, 5.74) is 1.64. The van der Waals surface area contributed by atoms with Crippen molar-refractivity contribution >= 4 is 29.2 Å². The summed E-state index contributed by atoms with van der Waals surface area (Å²) in [5, 5.41) is 6.23. The van der Waals surface area contributed by atoms with E-state index in [9.17, 15) is 9.59 Å². The van der Waals surface area contributed by atoms with E-state index in [-0.39, 0.29) is 11.9 Å². The second kappa shape index (κ2) is 6.80. The third-order valence-corrected chi connectivity index (χ3v) is 3.85. The van der Waals surface area contributed by atoms with Crippen molar-refractivity contribution in [3.63, 3.8) is 0 Å². The maximum Gasteiger partial charge on any atom is 0.315 e. The lowest BCUT2D eigenvalue weighted by molar-refractivity contribution is -0.116. The summed E-state index contributed by atoms with van der Waals surface area (Å²) in [5.74, 6) is -0.0789. The summed E-state index contributed by atoms with van der Waals surface area (Å²) in [6, 6.07) is 5.61. The van der Waals surface area contributed by atoms with Crippen LogP contribution in [0.5, 0.6) is 0 Å². The monoisotopic (exact) mass is 309 g/mol. The van der Waals surface area contributed by atoms with Crippen LogP contribution in [0.4, 0.5) is 10.5 Å². The Morgan fingerprint density at radius 2 is 2.10 bits per heavy atom. The van der Waals surface area contributed by atoms with Crippen LogP contribution < -0.4 is 15.5 Å². The number of halogens is 1. The predicted octanol–water partition coefficient (Wildman–Crippen LogP) is 2.46. The first-order valence-electron chi connectivity index (χ1n) is 7.06. The molecule has 1 aromatic carbocycles. The third kappa shape index (κ3) is 4.36. The average molecular weight is 310 g/mol. The molecule has 5 nitrogen and oxygen atoms in total. The molecule has 2 N–H and O–H groups in total. The molecule has 1 saturated carbocycles. The first-order chi connectivity index (χ1) is 9.99. The van der Waals surface area contributed by atoms with Crippen LogP contribution >= 0.6 is 11.6 Å². The lowest BCUT2D eigenvalue weighted by atomic mass is 10.1. The fraction of sp³-hybridized carbons (Fsp3) is 0.467. The molecule has 6 heteroatoms. The summed E-state index contributed by atoms with van der Waals surface area (Å²) < 4.78 is 0. The molecule has 114 valence electrons. The first-order valence-corrected chi connectivity index (χ1v) is 7.44. The van der Waals surface area contributed by atoms with E-state index in [4.69, 9.17) is 11.6 Å². The number of carbonyl (C=O) groups excluding carboxylic acids is 2. The van der Waals surface area contributed by atoms with Crippen molar-refractivity contribution in [2.24, 2.45) is 0 Å². The summed E-state index contributed by atoms with van der Waals surface area (Å²) in [6.45, 7) is 4.18. The Labute approximate surface area is 129 Å². The van der Waals surface area contributed by atoms with Crippen molar-refractivity contribution in [2.75, 3.05) is 18.0 Å². The second-order valence-corrected chi connectivity index (χ2v) is 5.64. The zero-order chi connectivity index (χ0) is 15.4. The molecule has 0 atom stereocenters. The highest BCUT2D eigenvalue weighted by Crippen LogP contribution is 2.26. The molecule has 0 radical (unpaired) electrons. The summed E-state index contributed by atoms with van der Waals surface area (Å²) in [6.07, 6.45) is 2.10. The molecule has 0 aliphatic heterocycles. The van der Waals surface area contributed by atoms with Gasteiger partial charge in [-0.15, -0.1) is 0 Å². The third-order valence-electron chi connectivity index (χ3n) is 3.44. The fourth-order valence-electron chi connectivity index (χ4n) is 2.08. The molecule has 1 fully saturated rings. The topological polar surface area (TPSA) is 61.4 Å². The number of anilines is 1. The molecule has 2 rings (SSSR count). The summed E-state index contributed by atoms with van der Waals surface area (Å²) in [7, 11) is 0. The molecule has 0 spiro atoms. The summed E-state index contributed by atoms with van der Waals surface area (Å²) in [4.78, 5) is 25.0. The van der Waals surface area contributed by atoms with Gasteiger partial charge in [0.2, 0.25) is 5.91 Å². The van der Waals surface area contributed by atoms with E-state index >= 15 is 0 Å². The highest BCUT2D eigenvalue weighted by atomic mass is 35.5. The van der Waals surface area contributed by atoms with Crippen molar-refractivity contribution in [1.29, 1.82) is 0 Å². The van der Waals surface area contributed by atoms with Crippen molar-refractivity contribution in [3.8, 4) is 0 Å². The highest BCUT2D eigenvalue weighted by Gasteiger charge is 2.23. The van der Waals surface area contributed by atoms with E-state index in [2.05, 4.69) is 10.6 Å². The molecule has 0 aromatic heterocycles. The number of nitrogens with one attached hydrogen (secondary N) is 2. The highest BCUT2D eigenvalue weighted by molar-refractivity contribution is 6.31. The van der Waals surface area contributed by atoms with Crippen LogP contribution in [-0.2, 0) is 4.79 Å². The Bertz CT molecular complexity index is 544. The van der Waals surface area contributed by atoms with E-state index in [1.165, 1.54) is 6.92 Å². The van der Waals surface area contributed by atoms with Crippen LogP contribution in [0.1, 0.15) is 25.3 Å². The van der Waals surface area contributed by atoms with E-state index in [1.807, 2.05) is 19.1 Å². The number of hydrogen-bond donors (Lipinski definition) is 2. The minimum atomic E-state index is -0.177. The van der Waals surface area contributed by atoms with Crippen LogP contribution in [-0.4, -0.2) is 31.1 Å². The van der Waals surface area contributed by atoms with Crippen molar-refractivity contribution in [1.82, 2.24) is 10.6 Å². The predicted molar refractivity (Wildman–Crippen MR) is 83.8 cm³/mol. The SMILES string of the molecule is CC(=O)N(CCNC(=O)NC1CC1)c1cccc(Cl)c1C. The molecular formula is C15H20ClN3O2. The normalized spacial score (nSPS) is 13.7. The van der Waals surface area contributed by atoms with E-state index in [0.29, 0.717) is 24.2 Å². The van der Waals surface area contributed by atoms with Gasteiger partial charge in [0.15, 0.2) is 0 Å². The number of amides is 3. The number of benzene rings is 1. The van der Waals surface area contributed by atoms with Gasteiger partial charge in [-0.2, -0.15) is 0 Å². The first kappa shape index (κ1) is 15.6. The van der Waals surface area contributed by atoms with Gasteiger partial charge in [-0.25, -0.2) is 4.79 Å². The van der Waals surface area contributed by atoms with Crippen LogP contribution in [0.15, 0.2) is 18.2 Å². The van der Waals surface area contributed by atoms with Crippen LogP contribution in [0.25, 0.3) is 0 Å². The minimum Gasteiger partial charge on any atom is -0.336 e. The molecule has 0 unspecified atom stereocenters. The smallest absolute Gasteiger partial charge is 0.315 e. The molecule has 3 amide bonds. The molecule has 1 aliphatic carbocycles. The Balaban J connectivity index is 1.94. The zero-order valence-corrected chi connectivity index (χ0v) is 13.0. The van der Waals surface area contributed by atoms with Crippen LogP contribution in [0, 0.1) is 6.92 Å². The van der Waals surface area contributed by atoms with E-state index < -0.39 is 0 Å². The van der Waals surface area contributed by atoms with Crippen LogP contribution in [0.3, 0.4) is 0 Å². The minimum absolute atomic E-state index is 0.0789. The molecule has 0 saturated heterocycles. The Morgan fingerprint density at radius 3 is 2.71 bits per heavy atom. The lowest BCUT2D eigenvalue weighted by Gasteiger charge is -2.23. The number of rotatable bonds is 5. The van der Waals surface area contributed by atoms with Gasteiger partial charge in [0, 0.05) is 36.8 Å². The molecule has 1 aliphatic rings. The molecular weight excluding hydrogens is 290 g/mol. The van der Waals surface area contributed by atoms with Crippen molar-refractivity contribution in [2.45, 2.75) is 32.7 Å². The molecule has 0 bridgehead atoms. The number of carbonyl (C=O) groups is 2. The second-order valence-electron chi connectivity index (χ2n) is 5.23. The van der Waals surface area contributed by atoms with Gasteiger partial charge in [0.05, 0.1) is 0 Å². The maximum atomic E-state index is 11.8. The van der Waals surface area contributed by atoms with Gasteiger partial charge in [0.25, 0.3) is 0 Å². The molecule has 1 aromatic rings. The molecule has 0 heterocycles. The van der Waals surface area contributed by atoms with Gasteiger partial charge in [-0.3, -0.25) is 4.79 Å². The number of urea groups is 1. The Morgan fingerprint density at radius 1 is 1.38 bits per heavy atom. The Hall–Kier alpha value is -1.75. The molecule has 21 heavy (non-hydrogen) atoms. The number of hydrogen-bond acceptors (Lipinski definition) is 2. The van der Waals surface area contributed by atoms with Crippen molar-refractivity contribution < 1.29 is 9.59 Å². The summed E-state index contributed by atoms with van der Waals surface area (Å²) >= 11 is 6.09. The van der Waals surface area contributed by atoms with Crippen LogP contribution in [0.2, 0.25) is 5.02 Å². The number of nitrogens with zero attached hydrogens (tertiary/aromatic N) is 1. The fourth-order valence-corrected chi connectivity index (χ4v) is 2.25. The van der Waals surface area contributed by atoms with E-state index in [1.54, 1.807) is 11.0 Å².